The van der Waals surface area contributed by atoms with Gasteiger partial charge in [-0.2, -0.15) is 0 Å². The van der Waals surface area contributed by atoms with Crippen LogP contribution in [0.2, 0.25) is 0 Å². The fraction of sp³-hybridized carbons (Fsp3) is 0.417. The summed E-state index contributed by atoms with van der Waals surface area (Å²) in [6.45, 7) is 5.97. The number of hydrogen-bond acceptors (Lipinski definition) is 2. The molecule has 1 rings (SSSR count). The van der Waals surface area contributed by atoms with Gasteiger partial charge in [-0.25, -0.2) is 0 Å². The number of para-hydroxylation sites is 2. The van der Waals surface area contributed by atoms with Crippen LogP contribution in [0.4, 0.5) is 11.4 Å². The monoisotopic (exact) mass is 242 g/mol. The van der Waals surface area contributed by atoms with Crippen LogP contribution in [0.5, 0.6) is 0 Å². The van der Waals surface area contributed by atoms with E-state index in [4.69, 9.17) is 5.73 Å². The van der Waals surface area contributed by atoms with Crippen molar-refractivity contribution in [1.29, 1.82) is 0 Å². The summed E-state index contributed by atoms with van der Waals surface area (Å²) in [7, 11) is 0. The van der Waals surface area contributed by atoms with Crippen LogP contribution in [0, 0.1) is 11.8 Å². The standard InChI is InChI=1S/C12H18N2O.ClH/c1-8(2)9(3)12(15)14-11-7-5-4-6-10(11)13;/h4-9H,13H2,1-3H3,(H,14,15);1H. The zero-order valence-electron chi connectivity index (χ0n) is 9.86. The van der Waals surface area contributed by atoms with E-state index >= 15 is 0 Å². The molecule has 0 aliphatic rings. The maximum Gasteiger partial charge on any atom is 0.227 e. The minimum atomic E-state index is -0.00962. The molecule has 0 aromatic heterocycles. The first kappa shape index (κ1) is 14.8. The third-order valence-electron chi connectivity index (χ3n) is 2.63. The fourth-order valence-corrected chi connectivity index (χ4v) is 1.16. The van der Waals surface area contributed by atoms with E-state index < -0.39 is 0 Å². The van der Waals surface area contributed by atoms with Crippen molar-refractivity contribution < 1.29 is 4.79 Å². The van der Waals surface area contributed by atoms with Crippen LogP contribution in [0.15, 0.2) is 24.3 Å². The number of amides is 1. The zero-order valence-corrected chi connectivity index (χ0v) is 10.7. The highest BCUT2D eigenvalue weighted by molar-refractivity contribution is 5.95. The average Bonchev–Trinajstić information content (AvgIpc) is 2.20. The normalized spacial score (nSPS) is 11.8. The highest BCUT2D eigenvalue weighted by atomic mass is 35.5. The molecule has 3 N–H and O–H groups in total. The van der Waals surface area contributed by atoms with Gasteiger partial charge in [-0.3, -0.25) is 4.79 Å². The first-order valence-electron chi connectivity index (χ1n) is 5.17. The lowest BCUT2D eigenvalue weighted by Gasteiger charge is -2.16. The molecule has 0 radical (unpaired) electrons. The molecule has 1 aromatic rings. The summed E-state index contributed by atoms with van der Waals surface area (Å²) >= 11 is 0. The number of nitrogens with one attached hydrogen (secondary N) is 1. The van der Waals surface area contributed by atoms with Crippen molar-refractivity contribution >= 4 is 29.7 Å². The molecule has 1 amide bonds. The van der Waals surface area contributed by atoms with Crippen molar-refractivity contribution in [3.05, 3.63) is 24.3 Å². The molecule has 1 unspecified atom stereocenters. The van der Waals surface area contributed by atoms with Crippen molar-refractivity contribution in [2.45, 2.75) is 20.8 Å². The largest absolute Gasteiger partial charge is 0.397 e. The van der Waals surface area contributed by atoms with Crippen LogP contribution >= 0.6 is 12.4 Å². The number of hydrogen-bond donors (Lipinski definition) is 2. The first-order valence-corrected chi connectivity index (χ1v) is 5.17. The Bertz CT molecular complexity index is 353. The van der Waals surface area contributed by atoms with Crippen LogP contribution in [-0.4, -0.2) is 5.91 Å². The molecule has 1 atom stereocenters. The van der Waals surface area contributed by atoms with Gasteiger partial charge in [-0.1, -0.05) is 32.9 Å². The summed E-state index contributed by atoms with van der Waals surface area (Å²) in [6, 6.07) is 7.28. The number of benzene rings is 1. The van der Waals surface area contributed by atoms with Crippen molar-refractivity contribution in [1.82, 2.24) is 0 Å². The smallest absolute Gasteiger partial charge is 0.227 e. The second-order valence-corrected chi connectivity index (χ2v) is 4.11. The Balaban J connectivity index is 0.00000225. The molecule has 90 valence electrons. The molecule has 4 heteroatoms. The number of nitrogens with two attached hydrogens (primary N) is 1. The SMILES string of the molecule is CC(C)C(C)C(=O)Nc1ccccc1N.Cl. The maximum absolute atomic E-state index is 11.7. The van der Waals surface area contributed by atoms with Crippen LogP contribution in [0.1, 0.15) is 20.8 Å². The number of carbonyl (C=O) groups excluding carboxylic acids is 1. The van der Waals surface area contributed by atoms with E-state index in [1.807, 2.05) is 32.9 Å². The molecule has 0 aliphatic carbocycles. The summed E-state index contributed by atoms with van der Waals surface area (Å²) in [5.74, 6) is 0.336. The van der Waals surface area contributed by atoms with E-state index in [2.05, 4.69) is 5.32 Å². The van der Waals surface area contributed by atoms with E-state index in [1.54, 1.807) is 12.1 Å². The Morgan fingerprint density at radius 2 is 1.81 bits per heavy atom. The van der Waals surface area contributed by atoms with Crippen molar-refractivity contribution in [2.24, 2.45) is 11.8 Å². The third kappa shape index (κ3) is 3.74. The summed E-state index contributed by atoms with van der Waals surface area (Å²) in [5.41, 5.74) is 7.02. The van der Waals surface area contributed by atoms with E-state index in [-0.39, 0.29) is 24.2 Å². The predicted molar refractivity (Wildman–Crippen MR) is 70.7 cm³/mol. The second-order valence-electron chi connectivity index (χ2n) is 4.11. The molecule has 0 bridgehead atoms. The van der Waals surface area contributed by atoms with E-state index in [0.717, 1.165) is 0 Å². The maximum atomic E-state index is 11.7. The Kier molecular flexibility index (Phi) is 5.89. The third-order valence-corrected chi connectivity index (χ3v) is 2.63. The molecular weight excluding hydrogens is 224 g/mol. The second kappa shape index (κ2) is 6.38. The number of nitrogen functional groups attached to an aromatic ring is 1. The Labute approximate surface area is 103 Å². The van der Waals surface area contributed by atoms with Gasteiger partial charge in [0, 0.05) is 5.92 Å². The van der Waals surface area contributed by atoms with Crippen molar-refractivity contribution in [3.63, 3.8) is 0 Å². The number of rotatable bonds is 3. The van der Waals surface area contributed by atoms with Crippen molar-refractivity contribution in [2.75, 3.05) is 11.1 Å². The highest BCUT2D eigenvalue weighted by Gasteiger charge is 2.16. The topological polar surface area (TPSA) is 55.1 Å². The first-order chi connectivity index (χ1) is 7.02. The number of halogens is 1. The van der Waals surface area contributed by atoms with Gasteiger partial charge >= 0.3 is 0 Å². The molecule has 0 spiro atoms. The van der Waals surface area contributed by atoms with Gasteiger partial charge in [0.1, 0.15) is 0 Å². The Morgan fingerprint density at radius 3 is 2.31 bits per heavy atom. The summed E-state index contributed by atoms with van der Waals surface area (Å²) < 4.78 is 0. The van der Waals surface area contributed by atoms with E-state index in [0.29, 0.717) is 17.3 Å². The van der Waals surface area contributed by atoms with Crippen molar-refractivity contribution in [3.8, 4) is 0 Å². The average molecular weight is 243 g/mol. The molecule has 0 saturated heterocycles. The lowest BCUT2D eigenvalue weighted by atomic mass is 9.97. The predicted octanol–water partition coefficient (Wildman–Crippen LogP) is 2.92. The van der Waals surface area contributed by atoms with E-state index in [9.17, 15) is 4.79 Å². The minimum absolute atomic E-state index is 0. The molecule has 3 nitrogen and oxygen atoms in total. The summed E-state index contributed by atoms with van der Waals surface area (Å²) in [5, 5.41) is 2.83. The van der Waals surface area contributed by atoms with Crippen LogP contribution in [0.3, 0.4) is 0 Å². The van der Waals surface area contributed by atoms with Gasteiger partial charge in [0.2, 0.25) is 5.91 Å². The Morgan fingerprint density at radius 1 is 1.25 bits per heavy atom. The Hall–Kier alpha value is -1.22. The molecule has 1 aromatic carbocycles. The highest BCUT2D eigenvalue weighted by Crippen LogP contribution is 2.19. The molecule has 16 heavy (non-hydrogen) atoms. The molecular formula is C12H19ClN2O. The summed E-state index contributed by atoms with van der Waals surface area (Å²) in [6.07, 6.45) is 0. The molecule has 0 aliphatic heterocycles. The van der Waals surface area contributed by atoms with Gasteiger partial charge in [-0.05, 0) is 18.1 Å². The van der Waals surface area contributed by atoms with E-state index in [1.165, 1.54) is 0 Å². The van der Waals surface area contributed by atoms with Crippen LogP contribution in [-0.2, 0) is 4.79 Å². The quantitative estimate of drug-likeness (QED) is 0.801. The number of carbonyl (C=O) groups is 1. The van der Waals surface area contributed by atoms with Gasteiger partial charge in [0.05, 0.1) is 11.4 Å². The van der Waals surface area contributed by atoms with Gasteiger partial charge in [0.15, 0.2) is 0 Å². The molecule has 0 fully saturated rings. The van der Waals surface area contributed by atoms with Gasteiger partial charge < -0.3 is 11.1 Å². The lowest BCUT2D eigenvalue weighted by molar-refractivity contribution is -0.120. The zero-order chi connectivity index (χ0) is 11.4. The minimum Gasteiger partial charge on any atom is -0.397 e. The van der Waals surface area contributed by atoms with Crippen LogP contribution < -0.4 is 11.1 Å². The fourth-order valence-electron chi connectivity index (χ4n) is 1.16. The molecule has 0 heterocycles. The number of anilines is 2. The summed E-state index contributed by atoms with van der Waals surface area (Å²) in [4.78, 5) is 11.7. The van der Waals surface area contributed by atoms with Gasteiger partial charge in [-0.15, -0.1) is 12.4 Å². The lowest BCUT2D eigenvalue weighted by Crippen LogP contribution is -2.24. The van der Waals surface area contributed by atoms with Crippen LogP contribution in [0.25, 0.3) is 0 Å². The molecule has 0 saturated carbocycles. The van der Waals surface area contributed by atoms with Gasteiger partial charge in [0.25, 0.3) is 0 Å².